The van der Waals surface area contributed by atoms with Gasteiger partial charge < -0.3 is 15.3 Å². The Morgan fingerprint density at radius 2 is 2.05 bits per heavy atom. The molecule has 10 nitrogen and oxygen atoms in total. The maximum Gasteiger partial charge on any atom is 0.405 e. The Labute approximate surface area is 107 Å². The van der Waals surface area contributed by atoms with Gasteiger partial charge in [-0.2, -0.15) is 8.42 Å². The zero-order valence-corrected chi connectivity index (χ0v) is 10.3. The van der Waals surface area contributed by atoms with Gasteiger partial charge in [0, 0.05) is 6.54 Å². The molecule has 0 unspecified atom stereocenters. The molecule has 11 heteroatoms. The molecular formula is C8H11N3O7S. The third kappa shape index (κ3) is 2.21. The van der Waals surface area contributed by atoms with E-state index in [4.69, 9.17) is 9.66 Å². The minimum Gasteiger partial charge on any atom is -0.465 e. The Morgan fingerprint density at radius 1 is 1.42 bits per heavy atom. The number of hydrogen-bond acceptors (Lipinski definition) is 5. The fourth-order valence-corrected chi connectivity index (χ4v) is 3.25. The van der Waals surface area contributed by atoms with Crippen molar-refractivity contribution in [2.75, 3.05) is 13.1 Å². The smallest absolute Gasteiger partial charge is 0.405 e. The fraction of sp³-hybridized carbons (Fsp3) is 0.625. The van der Waals surface area contributed by atoms with Crippen molar-refractivity contribution in [1.29, 1.82) is 0 Å². The van der Waals surface area contributed by atoms with Crippen LogP contribution >= 0.6 is 0 Å². The maximum absolute atomic E-state index is 11.7. The van der Waals surface area contributed by atoms with Crippen molar-refractivity contribution >= 4 is 28.2 Å². The normalized spacial score (nSPS) is 25.8. The predicted molar refractivity (Wildman–Crippen MR) is 58.3 cm³/mol. The second-order valence-electron chi connectivity index (χ2n) is 4.16. The van der Waals surface area contributed by atoms with Crippen LogP contribution in [0.25, 0.3) is 0 Å². The Bertz CT molecular complexity index is 545. The summed E-state index contributed by atoms with van der Waals surface area (Å²) < 4.78 is 31.0. The second-order valence-corrected chi connectivity index (χ2v) is 5.45. The summed E-state index contributed by atoms with van der Waals surface area (Å²) in [6, 6.07) is -1.71. The summed E-state index contributed by atoms with van der Waals surface area (Å²) in [7, 11) is -4.61. The van der Waals surface area contributed by atoms with Crippen LogP contribution in [-0.4, -0.2) is 70.4 Å². The van der Waals surface area contributed by atoms with E-state index < -0.39 is 46.8 Å². The van der Waals surface area contributed by atoms with E-state index in [1.54, 1.807) is 0 Å². The number of nitrogens with zero attached hydrogens (tertiary/aromatic N) is 2. The largest absolute Gasteiger partial charge is 0.465 e. The first-order valence-corrected chi connectivity index (χ1v) is 6.70. The van der Waals surface area contributed by atoms with Crippen molar-refractivity contribution in [2.24, 2.45) is 0 Å². The lowest BCUT2D eigenvalue weighted by Crippen LogP contribution is -2.68. The van der Waals surface area contributed by atoms with E-state index in [1.165, 1.54) is 0 Å². The van der Waals surface area contributed by atoms with Gasteiger partial charge in [-0.3, -0.25) is 14.1 Å². The first-order chi connectivity index (χ1) is 8.73. The van der Waals surface area contributed by atoms with Gasteiger partial charge in [-0.25, -0.2) is 9.10 Å². The molecule has 0 spiro atoms. The third-order valence-electron chi connectivity index (χ3n) is 3.10. The molecule has 2 aliphatic heterocycles. The number of rotatable bonds is 3. The number of nitrogens with one attached hydrogen (secondary N) is 1. The van der Waals surface area contributed by atoms with Gasteiger partial charge in [-0.1, -0.05) is 0 Å². The van der Waals surface area contributed by atoms with Gasteiger partial charge in [0.1, 0.15) is 12.6 Å². The van der Waals surface area contributed by atoms with E-state index >= 15 is 0 Å². The summed E-state index contributed by atoms with van der Waals surface area (Å²) in [6.45, 7) is -0.356. The molecule has 0 bridgehead atoms. The summed E-state index contributed by atoms with van der Waals surface area (Å²) >= 11 is 0. The third-order valence-corrected chi connectivity index (χ3v) is 4.05. The molecule has 3 amide bonds. The average molecular weight is 293 g/mol. The van der Waals surface area contributed by atoms with Crippen LogP contribution in [0.1, 0.15) is 6.42 Å². The zero-order chi connectivity index (χ0) is 14.4. The second kappa shape index (κ2) is 4.35. The first kappa shape index (κ1) is 13.5. The predicted octanol–water partition coefficient (Wildman–Crippen LogP) is -2.13. The highest BCUT2D eigenvalue weighted by Gasteiger charge is 2.59. The lowest BCUT2D eigenvalue weighted by atomic mass is 10.0. The highest BCUT2D eigenvalue weighted by molar-refractivity contribution is 7.84. The fourth-order valence-electron chi connectivity index (χ4n) is 2.35. The molecule has 0 aromatic carbocycles. The summed E-state index contributed by atoms with van der Waals surface area (Å²) in [4.78, 5) is 34.6. The zero-order valence-electron chi connectivity index (χ0n) is 9.51. The maximum atomic E-state index is 11.7. The molecule has 3 N–H and O–H groups in total. The Balaban J connectivity index is 2.04. The van der Waals surface area contributed by atoms with Gasteiger partial charge in [0.05, 0.1) is 6.04 Å². The van der Waals surface area contributed by atoms with Crippen LogP contribution in [0.3, 0.4) is 0 Å². The molecule has 0 aliphatic carbocycles. The van der Waals surface area contributed by atoms with E-state index in [-0.39, 0.29) is 13.0 Å². The summed E-state index contributed by atoms with van der Waals surface area (Å²) in [6.07, 6.45) is -1.15. The van der Waals surface area contributed by atoms with E-state index in [0.717, 1.165) is 4.90 Å². The molecule has 2 atom stereocenters. The molecule has 0 aromatic rings. The number of amides is 3. The van der Waals surface area contributed by atoms with E-state index in [0.29, 0.717) is 4.31 Å². The highest BCUT2D eigenvalue weighted by atomic mass is 32.2. The molecular weight excluding hydrogens is 282 g/mol. The topological polar surface area (TPSA) is 144 Å². The molecule has 2 aliphatic rings. The van der Waals surface area contributed by atoms with Gasteiger partial charge in [0.2, 0.25) is 5.91 Å². The molecule has 0 radical (unpaired) electrons. The molecule has 0 saturated carbocycles. The summed E-state index contributed by atoms with van der Waals surface area (Å²) in [5, 5.41) is 10.2. The molecule has 106 valence electrons. The lowest BCUT2D eigenvalue weighted by molar-refractivity contribution is -0.151. The average Bonchev–Trinajstić information content (AvgIpc) is 2.62. The van der Waals surface area contributed by atoms with E-state index in [9.17, 15) is 22.8 Å². The van der Waals surface area contributed by atoms with Crippen LogP contribution in [0.5, 0.6) is 0 Å². The lowest BCUT2D eigenvalue weighted by Gasteiger charge is -2.42. The first-order valence-electron chi connectivity index (χ1n) is 5.30. The van der Waals surface area contributed by atoms with Crippen molar-refractivity contribution in [3.8, 4) is 0 Å². The van der Waals surface area contributed by atoms with Crippen molar-refractivity contribution in [3.63, 3.8) is 0 Å². The number of fused-ring (bicyclic) bond motifs is 1. The number of likely N-dealkylation sites (tertiary alicyclic amines) is 1. The molecule has 2 fully saturated rings. The van der Waals surface area contributed by atoms with Crippen LogP contribution in [-0.2, 0) is 19.9 Å². The molecule has 0 aromatic heterocycles. The minimum absolute atomic E-state index is 0.132. The van der Waals surface area contributed by atoms with Crippen LogP contribution < -0.4 is 5.32 Å². The van der Waals surface area contributed by atoms with Crippen molar-refractivity contribution < 1.29 is 32.5 Å². The van der Waals surface area contributed by atoms with Gasteiger partial charge in [0.25, 0.3) is 5.91 Å². The van der Waals surface area contributed by atoms with Crippen LogP contribution in [0.2, 0.25) is 0 Å². The monoisotopic (exact) mass is 293 g/mol. The SMILES string of the molecule is O=C(O)NCC(=O)N1CC[C@@H]2[C@H]1C(=O)N2S(=O)(=O)O. The standard InChI is InChI=1S/C8H11N3O7S/c12-5(3-9-8(14)15)10-2-1-4-6(10)7(13)11(4)19(16,17)18/h4,6,9H,1-3H2,(H,14,15)(H,16,17,18)/t4-,6+/m1/s1. The summed E-state index contributed by atoms with van der Waals surface area (Å²) in [5.74, 6) is -1.49. The Hall–Kier alpha value is -1.88. The number of carboxylic acid groups (broad SMARTS) is 1. The summed E-state index contributed by atoms with van der Waals surface area (Å²) in [5.41, 5.74) is 0. The molecule has 19 heavy (non-hydrogen) atoms. The number of β-lactam (4-membered cyclic amide) rings is 1. The highest BCUT2D eigenvalue weighted by Crippen LogP contribution is 2.35. The minimum atomic E-state index is -4.61. The Morgan fingerprint density at radius 3 is 2.58 bits per heavy atom. The van der Waals surface area contributed by atoms with Gasteiger partial charge in [-0.15, -0.1) is 0 Å². The molecule has 2 saturated heterocycles. The van der Waals surface area contributed by atoms with Gasteiger partial charge in [0.15, 0.2) is 0 Å². The van der Waals surface area contributed by atoms with Crippen molar-refractivity contribution in [3.05, 3.63) is 0 Å². The van der Waals surface area contributed by atoms with E-state index in [1.807, 2.05) is 5.32 Å². The van der Waals surface area contributed by atoms with Crippen LogP contribution in [0.15, 0.2) is 0 Å². The number of carbonyl (C=O) groups excluding carboxylic acids is 2. The Kier molecular flexibility index (Phi) is 3.10. The molecule has 2 heterocycles. The van der Waals surface area contributed by atoms with Crippen molar-refractivity contribution in [1.82, 2.24) is 14.5 Å². The number of carbonyl (C=O) groups is 3. The van der Waals surface area contributed by atoms with Crippen LogP contribution in [0, 0.1) is 0 Å². The van der Waals surface area contributed by atoms with Gasteiger partial charge in [-0.05, 0) is 6.42 Å². The van der Waals surface area contributed by atoms with Gasteiger partial charge >= 0.3 is 16.4 Å². The van der Waals surface area contributed by atoms with Crippen molar-refractivity contribution in [2.45, 2.75) is 18.5 Å². The van der Waals surface area contributed by atoms with E-state index in [2.05, 4.69) is 0 Å². The van der Waals surface area contributed by atoms with Crippen LogP contribution in [0.4, 0.5) is 4.79 Å². The number of hydrogen-bond donors (Lipinski definition) is 3. The quantitative estimate of drug-likeness (QED) is 0.398. The molecule has 2 rings (SSSR count).